The Balaban J connectivity index is 0.000000167. The Bertz CT molecular complexity index is 5500. The van der Waals surface area contributed by atoms with Gasteiger partial charge < -0.3 is 84.0 Å². The molecule has 3 fully saturated rings. The Morgan fingerprint density at radius 2 is 0.686 bits per heavy atom. The summed E-state index contributed by atoms with van der Waals surface area (Å²) in [5.74, 6) is -5.91. The van der Waals surface area contributed by atoms with Crippen molar-refractivity contribution in [2.75, 3.05) is 51.1 Å². The Labute approximate surface area is 677 Å². The van der Waals surface area contributed by atoms with Crippen LogP contribution in [0.5, 0.6) is 0 Å². The molecule has 8 aromatic carbocycles. The third-order valence-corrected chi connectivity index (χ3v) is 19.7. The third kappa shape index (κ3) is 18.2. The number of ether oxygens (including phenoxy) is 11. The number of benzene rings is 8. The number of fused-ring (bicyclic) bond motifs is 2. The maximum Gasteiger partial charge on any atom is 0.338 e. The van der Waals surface area contributed by atoms with Crippen LogP contribution in [-0.2, 0) is 63.6 Å². The van der Waals surface area contributed by atoms with Crippen molar-refractivity contribution in [2.24, 2.45) is 0 Å². The molecule has 3 aliphatic rings. The van der Waals surface area contributed by atoms with Crippen LogP contribution in [0.4, 0.5) is 11.6 Å². The molecule has 4 aromatic heterocycles. The number of alkyl halides is 1. The molecule has 0 amide bonds. The number of rotatable bonds is 24. The van der Waals surface area contributed by atoms with Gasteiger partial charge in [0.05, 0.1) is 70.4 Å². The number of hydrogen-bond acceptors (Lipinski definition) is 33. The molecular formula is C82H71BrN12O23. The van der Waals surface area contributed by atoms with Crippen molar-refractivity contribution >= 4 is 97.6 Å². The number of nitrogens with zero attached hydrogens (tertiary/aromatic N) is 10. The van der Waals surface area contributed by atoms with Gasteiger partial charge >= 0.3 is 47.8 Å². The van der Waals surface area contributed by atoms with Gasteiger partial charge in [0.2, 0.25) is 5.72 Å². The van der Waals surface area contributed by atoms with Crippen molar-refractivity contribution in [3.63, 3.8) is 0 Å². The number of aromatic nitrogens is 10. The van der Waals surface area contributed by atoms with Gasteiger partial charge in [0.1, 0.15) is 56.9 Å². The van der Waals surface area contributed by atoms with Crippen LogP contribution in [0.3, 0.4) is 0 Å². The van der Waals surface area contributed by atoms with Crippen LogP contribution in [0, 0.1) is 0 Å². The molecule has 0 aliphatic carbocycles. The molecule has 118 heavy (non-hydrogen) atoms. The van der Waals surface area contributed by atoms with Crippen molar-refractivity contribution in [3.8, 4) is 0 Å². The number of anilines is 2. The normalized spacial score (nSPS) is 22.2. The lowest BCUT2D eigenvalue weighted by molar-refractivity contribution is -0.172. The van der Waals surface area contributed by atoms with Crippen LogP contribution in [-0.4, -0.2) is 217 Å². The van der Waals surface area contributed by atoms with Gasteiger partial charge in [-0.15, -0.1) is 20.4 Å². The first-order valence-corrected chi connectivity index (χ1v) is 36.9. The molecule has 36 heteroatoms. The van der Waals surface area contributed by atoms with E-state index in [4.69, 9.17) is 63.6 Å². The number of nitrogens with two attached hydrogens (primary N) is 2. The number of imidazole rings is 2. The van der Waals surface area contributed by atoms with Crippen LogP contribution in [0.15, 0.2) is 255 Å². The summed E-state index contributed by atoms with van der Waals surface area (Å²) in [6, 6.07) is 65.6. The first-order chi connectivity index (χ1) is 57.2. The minimum Gasteiger partial charge on any atom is -0.459 e. The van der Waals surface area contributed by atoms with Crippen molar-refractivity contribution in [1.82, 2.24) is 49.9 Å². The third-order valence-electron chi connectivity index (χ3n) is 18.8. The lowest BCUT2D eigenvalue weighted by Gasteiger charge is -2.35. The van der Waals surface area contributed by atoms with Crippen molar-refractivity contribution < 1.29 is 111 Å². The van der Waals surface area contributed by atoms with E-state index in [2.05, 4.69) is 56.7 Å². The molecule has 15 rings (SSSR count). The molecule has 0 radical (unpaired) electrons. The predicted molar refractivity (Wildman–Crippen MR) is 413 cm³/mol. The molecule has 8 N–H and O–H groups in total. The summed E-state index contributed by atoms with van der Waals surface area (Å²) in [6.45, 7) is -3.20. The van der Waals surface area contributed by atoms with Crippen LogP contribution < -0.4 is 11.5 Å². The van der Waals surface area contributed by atoms with Gasteiger partial charge in [-0.3, -0.25) is 9.13 Å². The van der Waals surface area contributed by atoms with Crippen molar-refractivity contribution in [2.45, 2.75) is 70.9 Å². The van der Waals surface area contributed by atoms with Crippen LogP contribution in [0.25, 0.3) is 22.3 Å². The van der Waals surface area contributed by atoms with Gasteiger partial charge in [-0.25, -0.2) is 48.3 Å². The van der Waals surface area contributed by atoms with Gasteiger partial charge in [-0.1, -0.05) is 146 Å². The number of aliphatic hydroxyl groups excluding tert-OH is 4. The summed E-state index contributed by atoms with van der Waals surface area (Å²) in [6.07, 6.45) is -9.62. The summed E-state index contributed by atoms with van der Waals surface area (Å²) >= 11 is 3.49. The number of halogens is 1. The number of hydrogen-bond donors (Lipinski definition) is 6. The van der Waals surface area contributed by atoms with E-state index < -0.39 is 152 Å². The number of esters is 8. The number of aliphatic hydroxyl groups is 4. The van der Waals surface area contributed by atoms with E-state index in [9.17, 15) is 58.8 Å². The largest absolute Gasteiger partial charge is 0.459 e. The van der Waals surface area contributed by atoms with Crippen molar-refractivity contribution in [1.29, 1.82) is 0 Å². The molecule has 12 aromatic rings. The van der Waals surface area contributed by atoms with E-state index >= 15 is 0 Å². The van der Waals surface area contributed by atoms with E-state index in [1.807, 2.05) is 0 Å². The average molecular weight is 1670 g/mol. The highest BCUT2D eigenvalue weighted by Crippen LogP contribution is 2.45. The number of carbonyl (C=O) groups excluding carboxylic acids is 8. The highest BCUT2D eigenvalue weighted by molar-refractivity contribution is 9.10. The predicted octanol–water partition coefficient (Wildman–Crippen LogP) is 6.22. The number of carbonyl (C=O) groups is 8. The molecule has 3 saturated heterocycles. The Kier molecular flexibility index (Phi) is 26.0. The average Bonchev–Trinajstić information content (AvgIpc) is 1.43. The molecule has 0 bridgehead atoms. The Hall–Kier alpha value is -13.7. The second-order valence-electron chi connectivity index (χ2n) is 26.3. The van der Waals surface area contributed by atoms with E-state index in [0.717, 1.165) is 0 Å². The Morgan fingerprint density at radius 1 is 0.381 bits per heavy atom. The summed E-state index contributed by atoms with van der Waals surface area (Å²) in [7, 11) is 0. The zero-order valence-corrected chi connectivity index (χ0v) is 63.3. The monoisotopic (exact) mass is 1670 g/mol. The van der Waals surface area contributed by atoms with Gasteiger partial charge in [0, 0.05) is 0 Å². The quantitative estimate of drug-likeness (QED) is 0.0222. The van der Waals surface area contributed by atoms with Crippen LogP contribution in [0.2, 0.25) is 0 Å². The highest BCUT2D eigenvalue weighted by Gasteiger charge is 2.64. The van der Waals surface area contributed by atoms with E-state index in [-0.39, 0.29) is 74.0 Å². The zero-order chi connectivity index (χ0) is 82.9. The molecule has 604 valence electrons. The fourth-order valence-electron chi connectivity index (χ4n) is 12.9. The first-order valence-electron chi connectivity index (χ1n) is 36.1. The highest BCUT2D eigenvalue weighted by atomic mass is 79.9. The fourth-order valence-corrected chi connectivity index (χ4v) is 13.6. The van der Waals surface area contributed by atoms with Gasteiger partial charge in [0.25, 0.3) is 0 Å². The zero-order valence-electron chi connectivity index (χ0n) is 61.7. The van der Waals surface area contributed by atoms with Gasteiger partial charge in [0.15, 0.2) is 68.6 Å². The molecule has 12 atom stereocenters. The lowest BCUT2D eigenvalue weighted by Crippen LogP contribution is -2.52. The fraction of sp³-hybridized carbons (Fsp3) is 0.220. The molecule has 0 spiro atoms. The second kappa shape index (κ2) is 37.3. The minimum absolute atomic E-state index is 0.00378. The van der Waals surface area contributed by atoms with E-state index in [0.29, 0.717) is 11.1 Å². The maximum atomic E-state index is 13.9. The molecule has 3 unspecified atom stereocenters. The topological polar surface area (TPSA) is 484 Å². The molecule has 3 aliphatic heterocycles. The molecular weight excluding hydrogens is 1600 g/mol. The summed E-state index contributed by atoms with van der Waals surface area (Å²) in [5.41, 5.74) is 10.2. The lowest BCUT2D eigenvalue weighted by atomic mass is 10.0. The maximum absolute atomic E-state index is 13.9. The van der Waals surface area contributed by atoms with Crippen molar-refractivity contribution in [3.05, 3.63) is 300 Å². The molecule has 0 saturated carbocycles. The SMILES string of the molecule is Nc1nnnc2c1ncn2[C@]1(CO)O[C@H](CO)[C@H](O)C1O.Nc1nnnc2c1ncn2[C@]1(COC(=O)c2ccccc2)O[C@H](COC(=O)c2ccccc2)[C@@H](OC(=O)c2ccccc2)C1OC(=O)c1ccccc1.O=C(OC[C@H]1O[C@](Br)(COC(=O)c2ccccc2)C(OC(=O)c2ccccc2)[C@@H]1OC(=O)c1ccccc1)c1ccccc1. The summed E-state index contributed by atoms with van der Waals surface area (Å²) in [5, 5.41) is 61.4. The van der Waals surface area contributed by atoms with Crippen LogP contribution >= 0.6 is 15.9 Å². The van der Waals surface area contributed by atoms with E-state index in [1.165, 1.54) is 46.1 Å². The molecule has 7 heterocycles. The first kappa shape index (κ1) is 82.3. The number of nitrogen functional groups attached to an aromatic ring is 2. The smallest absolute Gasteiger partial charge is 0.338 e. The second-order valence-corrected chi connectivity index (χ2v) is 27.7. The summed E-state index contributed by atoms with van der Waals surface area (Å²) < 4.78 is 66.0. The summed E-state index contributed by atoms with van der Waals surface area (Å²) in [4.78, 5) is 115. The van der Waals surface area contributed by atoms with Crippen LogP contribution in [0.1, 0.15) is 82.9 Å². The van der Waals surface area contributed by atoms with Gasteiger partial charge in [-0.05, 0) is 123 Å². The standard InChI is InChI=1S/C38H30N6O9.C34H27BrO9.C10H14N6O5/c39-32-29-33(42-43-41-32)44(23-40-29)38(22-50-35(46)25-15-7-2-8-16-25)31(52-37(48)27-19-11-4-12-20-27)30(51-36(47)26-17-9-3-10-18-26)28(53-38)21-49-34(45)24-13-5-1-6-14-24;35-34(22-41-31(37)24-15-7-2-8-16-24)29(43-33(39)26-19-11-4-12-20-26)28(42-32(38)25-17-9-3-10-18-25)27(44-34)21-40-30(36)23-13-5-1-6-14-23;11-8-5-9(14-15-13-8)16(3-12-5)10(2-18)7(20)6(19)4(1-17)21-10/h1-20,23,28,30-31H,21-22H2,(H2,39,41,42);1-20,27-29H,21-22H2;3-4,6-7,17-20H,1-2H2,(H2,11,13,14)/t28-,30-,31?,38-;27-,28-,29?,34-;4-,6+,7?,10-/m111/s1. The van der Waals surface area contributed by atoms with E-state index in [1.54, 1.807) is 218 Å². The van der Waals surface area contributed by atoms with Gasteiger partial charge in [-0.2, -0.15) is 0 Å². The minimum atomic E-state index is -2.09. The molecule has 35 nitrogen and oxygen atoms in total. The Morgan fingerprint density at radius 3 is 1.04 bits per heavy atom.